The summed E-state index contributed by atoms with van der Waals surface area (Å²) in [5.41, 5.74) is 3.29. The van der Waals surface area contributed by atoms with Crippen molar-refractivity contribution < 1.29 is 4.79 Å². The highest BCUT2D eigenvalue weighted by atomic mass is 79.9. The first kappa shape index (κ1) is 16.7. The van der Waals surface area contributed by atoms with E-state index in [1.165, 1.54) is 0 Å². The fourth-order valence-electron chi connectivity index (χ4n) is 1.45. The number of amides is 1. The normalized spacial score (nSPS) is 10.8. The Balaban J connectivity index is 1.87. The topological polar surface area (TPSA) is 53.5 Å². The van der Waals surface area contributed by atoms with Gasteiger partial charge in [0.15, 0.2) is 0 Å². The van der Waals surface area contributed by atoms with E-state index in [0.29, 0.717) is 0 Å². The third kappa shape index (κ3) is 5.21. The molecule has 0 bridgehead atoms. The molecule has 4 nitrogen and oxygen atoms in total. The van der Waals surface area contributed by atoms with E-state index in [1.54, 1.807) is 17.6 Å². The molecule has 1 aromatic carbocycles. The van der Waals surface area contributed by atoms with Crippen LogP contribution >= 0.6 is 59.1 Å². The monoisotopic (exact) mass is 493 g/mol. The average molecular weight is 496 g/mol. The molecule has 8 heteroatoms. The fraction of sp³-hybridized carbons (Fsp3) is 0.0769. The molecule has 0 saturated heterocycles. The van der Waals surface area contributed by atoms with Gasteiger partial charge in [0, 0.05) is 18.3 Å². The molecule has 0 aliphatic rings. The summed E-state index contributed by atoms with van der Waals surface area (Å²) >= 11 is 11.8. The van der Waals surface area contributed by atoms with E-state index in [9.17, 15) is 4.79 Å². The van der Waals surface area contributed by atoms with E-state index in [-0.39, 0.29) is 12.5 Å². The van der Waals surface area contributed by atoms with E-state index in [1.807, 2.05) is 29.6 Å². The number of thiophene rings is 1. The number of carbonyl (C=O) groups is 1. The van der Waals surface area contributed by atoms with Gasteiger partial charge in [0.1, 0.15) is 0 Å². The minimum atomic E-state index is -0.218. The summed E-state index contributed by atoms with van der Waals surface area (Å²) in [6.07, 6.45) is 1.62. The van der Waals surface area contributed by atoms with Gasteiger partial charge >= 0.3 is 0 Å². The molecule has 110 valence electrons. The van der Waals surface area contributed by atoms with Crippen LogP contribution < -0.4 is 10.7 Å². The fourth-order valence-corrected chi connectivity index (χ4v) is 4.58. The number of anilines is 1. The third-order valence-electron chi connectivity index (χ3n) is 2.36. The van der Waals surface area contributed by atoms with Gasteiger partial charge < -0.3 is 5.32 Å². The predicted molar refractivity (Wildman–Crippen MR) is 98.1 cm³/mol. The van der Waals surface area contributed by atoms with Crippen LogP contribution in [0.15, 0.2) is 48.2 Å². The molecule has 2 aromatic rings. The SMILES string of the molecule is O=C(CNc1c(Br)cc(Br)cc1Br)N/N=C\c1cccs1. The molecular weight excluding hydrogens is 486 g/mol. The molecule has 21 heavy (non-hydrogen) atoms. The van der Waals surface area contributed by atoms with Crippen molar-refractivity contribution in [2.24, 2.45) is 5.10 Å². The summed E-state index contributed by atoms with van der Waals surface area (Å²) in [5, 5.41) is 8.91. The maximum atomic E-state index is 11.7. The maximum Gasteiger partial charge on any atom is 0.259 e. The smallest absolute Gasteiger partial charge is 0.259 e. The third-order valence-corrected chi connectivity index (χ3v) is 4.87. The number of nitrogens with one attached hydrogen (secondary N) is 2. The quantitative estimate of drug-likeness (QED) is 0.470. The maximum absolute atomic E-state index is 11.7. The molecule has 0 spiro atoms. The highest BCUT2D eigenvalue weighted by molar-refractivity contribution is 9.11. The number of hydrogen-bond donors (Lipinski definition) is 2. The lowest BCUT2D eigenvalue weighted by atomic mass is 10.3. The largest absolute Gasteiger partial charge is 0.374 e. The molecule has 0 aliphatic heterocycles. The van der Waals surface area contributed by atoms with Crippen molar-refractivity contribution in [2.75, 3.05) is 11.9 Å². The summed E-state index contributed by atoms with van der Waals surface area (Å²) in [6, 6.07) is 7.66. The van der Waals surface area contributed by atoms with Gasteiger partial charge in [-0.25, -0.2) is 5.43 Å². The zero-order valence-corrected chi connectivity index (χ0v) is 16.1. The van der Waals surface area contributed by atoms with Crippen LogP contribution in [0.25, 0.3) is 0 Å². The molecule has 0 atom stereocenters. The van der Waals surface area contributed by atoms with Crippen LogP contribution in [-0.4, -0.2) is 18.7 Å². The van der Waals surface area contributed by atoms with Gasteiger partial charge in [0.2, 0.25) is 0 Å². The Hall–Kier alpha value is -0.700. The Morgan fingerprint density at radius 1 is 1.29 bits per heavy atom. The van der Waals surface area contributed by atoms with E-state index in [2.05, 4.69) is 63.6 Å². The summed E-state index contributed by atoms with van der Waals surface area (Å²) in [7, 11) is 0. The second kappa shape index (κ2) is 8.07. The Bertz CT molecular complexity index is 636. The molecule has 0 fully saturated rings. The van der Waals surface area contributed by atoms with Crippen LogP contribution in [0, 0.1) is 0 Å². The molecule has 1 amide bonds. The van der Waals surface area contributed by atoms with Gasteiger partial charge in [0.25, 0.3) is 5.91 Å². The van der Waals surface area contributed by atoms with Gasteiger partial charge in [-0.15, -0.1) is 11.3 Å². The number of hydrogen-bond acceptors (Lipinski definition) is 4. The van der Waals surface area contributed by atoms with Crippen LogP contribution in [0.2, 0.25) is 0 Å². The van der Waals surface area contributed by atoms with Gasteiger partial charge in [-0.3, -0.25) is 4.79 Å². The Morgan fingerprint density at radius 2 is 2.00 bits per heavy atom. The van der Waals surface area contributed by atoms with Crippen molar-refractivity contribution in [1.29, 1.82) is 0 Å². The molecule has 1 heterocycles. The lowest BCUT2D eigenvalue weighted by Gasteiger charge is -2.10. The number of nitrogens with zero attached hydrogens (tertiary/aromatic N) is 1. The Morgan fingerprint density at radius 3 is 2.62 bits per heavy atom. The summed E-state index contributed by atoms with van der Waals surface area (Å²) < 4.78 is 2.66. The van der Waals surface area contributed by atoms with Gasteiger partial charge in [-0.1, -0.05) is 22.0 Å². The average Bonchev–Trinajstić information content (AvgIpc) is 2.90. The first-order chi connectivity index (χ1) is 10.1. The van der Waals surface area contributed by atoms with E-state index in [0.717, 1.165) is 24.0 Å². The van der Waals surface area contributed by atoms with Crippen molar-refractivity contribution in [3.63, 3.8) is 0 Å². The molecule has 0 unspecified atom stereocenters. The molecular formula is C13H10Br3N3OS. The predicted octanol–water partition coefficient (Wildman–Crippen LogP) is 4.60. The van der Waals surface area contributed by atoms with Crippen molar-refractivity contribution in [2.45, 2.75) is 0 Å². The van der Waals surface area contributed by atoms with Crippen LogP contribution in [0.1, 0.15) is 4.88 Å². The van der Waals surface area contributed by atoms with Crippen LogP contribution in [-0.2, 0) is 4.79 Å². The minimum absolute atomic E-state index is 0.126. The van der Waals surface area contributed by atoms with E-state index >= 15 is 0 Å². The molecule has 0 radical (unpaired) electrons. The van der Waals surface area contributed by atoms with Crippen molar-refractivity contribution in [1.82, 2.24) is 5.43 Å². The highest BCUT2D eigenvalue weighted by Gasteiger charge is 2.08. The summed E-state index contributed by atoms with van der Waals surface area (Å²) in [6.45, 7) is 0.126. The summed E-state index contributed by atoms with van der Waals surface area (Å²) in [4.78, 5) is 12.7. The number of hydrazone groups is 1. The van der Waals surface area contributed by atoms with Gasteiger partial charge in [-0.2, -0.15) is 5.10 Å². The zero-order valence-electron chi connectivity index (χ0n) is 10.6. The Labute approximate surface area is 151 Å². The number of benzene rings is 1. The second-order valence-corrected chi connectivity index (χ2v) is 7.51. The zero-order chi connectivity index (χ0) is 15.2. The molecule has 0 aliphatic carbocycles. The van der Waals surface area contributed by atoms with E-state index < -0.39 is 0 Å². The van der Waals surface area contributed by atoms with Crippen molar-refractivity contribution in [3.05, 3.63) is 47.9 Å². The van der Waals surface area contributed by atoms with Crippen molar-refractivity contribution in [3.8, 4) is 0 Å². The number of rotatable bonds is 5. The van der Waals surface area contributed by atoms with Gasteiger partial charge in [0.05, 0.1) is 18.4 Å². The summed E-state index contributed by atoms with van der Waals surface area (Å²) in [5.74, 6) is -0.218. The standard InChI is InChI=1S/C13H10Br3N3OS/c14-8-4-10(15)13(11(16)5-8)17-7-12(20)19-18-6-9-2-1-3-21-9/h1-6,17H,7H2,(H,19,20)/b18-6-. The first-order valence-corrected chi connectivity index (χ1v) is 9.06. The highest BCUT2D eigenvalue weighted by Crippen LogP contribution is 2.34. The lowest BCUT2D eigenvalue weighted by molar-refractivity contribution is -0.119. The van der Waals surface area contributed by atoms with E-state index in [4.69, 9.17) is 0 Å². The lowest BCUT2D eigenvalue weighted by Crippen LogP contribution is -2.26. The molecule has 2 N–H and O–H groups in total. The molecule has 0 saturated carbocycles. The van der Waals surface area contributed by atoms with Crippen LogP contribution in [0.5, 0.6) is 0 Å². The van der Waals surface area contributed by atoms with Gasteiger partial charge in [-0.05, 0) is 55.4 Å². The minimum Gasteiger partial charge on any atom is -0.374 e. The second-order valence-electron chi connectivity index (χ2n) is 3.91. The molecule has 1 aromatic heterocycles. The van der Waals surface area contributed by atoms with Crippen molar-refractivity contribution >= 4 is 76.9 Å². The number of halogens is 3. The number of carbonyl (C=O) groups excluding carboxylic acids is 1. The van der Waals surface area contributed by atoms with Crippen LogP contribution in [0.3, 0.4) is 0 Å². The Kier molecular flexibility index (Phi) is 6.40. The molecule has 2 rings (SSSR count). The first-order valence-electron chi connectivity index (χ1n) is 5.80. The van der Waals surface area contributed by atoms with Crippen LogP contribution in [0.4, 0.5) is 5.69 Å².